The maximum absolute atomic E-state index is 11.7. The second-order valence-electron chi connectivity index (χ2n) is 5.95. The number of piperidine rings is 1. The fraction of sp³-hybridized carbons (Fsp3) is 0.294. The number of anilines is 1. The second kappa shape index (κ2) is 7.69. The van der Waals surface area contributed by atoms with Gasteiger partial charge in [0.05, 0.1) is 10.5 Å². The van der Waals surface area contributed by atoms with E-state index in [1.807, 2.05) is 29.2 Å². The Bertz CT molecular complexity index is 837. The predicted molar refractivity (Wildman–Crippen MR) is 99.4 cm³/mol. The Balaban J connectivity index is 1.69. The molecule has 26 heavy (non-hydrogen) atoms. The molecule has 1 saturated heterocycles. The first-order valence-corrected chi connectivity index (χ1v) is 8.85. The number of pyridine rings is 1. The molecule has 0 aliphatic carbocycles. The summed E-state index contributed by atoms with van der Waals surface area (Å²) in [5.41, 5.74) is 5.18. The number of hydrogen-bond acceptors (Lipinski definition) is 6. The average molecular weight is 421 g/mol. The van der Waals surface area contributed by atoms with Crippen molar-refractivity contribution < 1.29 is 14.5 Å². The topological polar surface area (TPSA) is 112 Å². The fourth-order valence-corrected chi connectivity index (χ4v) is 3.28. The molecule has 0 radical (unpaired) electrons. The van der Waals surface area contributed by atoms with E-state index in [1.165, 1.54) is 6.07 Å². The third kappa shape index (κ3) is 4.10. The molecule has 2 aromatic rings. The van der Waals surface area contributed by atoms with Crippen LogP contribution in [0.5, 0.6) is 5.75 Å². The quantitative estimate of drug-likeness (QED) is 0.587. The van der Waals surface area contributed by atoms with Gasteiger partial charge in [0.1, 0.15) is 23.9 Å². The first kappa shape index (κ1) is 18.1. The summed E-state index contributed by atoms with van der Waals surface area (Å²) in [6.07, 6.45) is 2.68. The van der Waals surface area contributed by atoms with Gasteiger partial charge in [-0.3, -0.25) is 14.9 Å². The lowest BCUT2D eigenvalue weighted by Gasteiger charge is -2.33. The lowest BCUT2D eigenvalue weighted by atomic mass is 10.1. The minimum atomic E-state index is -0.733. The highest BCUT2D eigenvalue weighted by molar-refractivity contribution is 9.10. The number of carbonyl (C=O) groups is 1. The second-order valence-corrected chi connectivity index (χ2v) is 6.86. The van der Waals surface area contributed by atoms with Crippen LogP contribution in [0.1, 0.15) is 23.2 Å². The zero-order chi connectivity index (χ0) is 18.7. The number of ether oxygens (including phenoxy) is 1. The van der Waals surface area contributed by atoms with Gasteiger partial charge in [-0.25, -0.2) is 4.98 Å². The number of rotatable bonds is 5. The zero-order valence-electron chi connectivity index (χ0n) is 13.8. The van der Waals surface area contributed by atoms with E-state index in [4.69, 9.17) is 10.5 Å². The van der Waals surface area contributed by atoms with Crippen LogP contribution in [0.4, 0.5) is 11.5 Å². The number of nitrogens with zero attached hydrogens (tertiary/aromatic N) is 3. The molecule has 0 saturated carbocycles. The van der Waals surface area contributed by atoms with Gasteiger partial charge in [-0.2, -0.15) is 0 Å². The Morgan fingerprint density at radius 3 is 2.69 bits per heavy atom. The van der Waals surface area contributed by atoms with E-state index in [9.17, 15) is 14.9 Å². The lowest BCUT2D eigenvalue weighted by Crippen LogP contribution is -2.39. The maximum atomic E-state index is 11.7. The predicted octanol–water partition coefficient (Wildman–Crippen LogP) is 2.90. The number of amides is 1. The van der Waals surface area contributed by atoms with Gasteiger partial charge < -0.3 is 15.4 Å². The molecule has 1 fully saturated rings. The average Bonchev–Trinajstić information content (AvgIpc) is 2.62. The van der Waals surface area contributed by atoms with Gasteiger partial charge >= 0.3 is 0 Å². The smallest absolute Gasteiger partial charge is 0.288 e. The van der Waals surface area contributed by atoms with Crippen molar-refractivity contribution in [2.75, 3.05) is 18.0 Å². The Kier molecular flexibility index (Phi) is 5.36. The summed E-state index contributed by atoms with van der Waals surface area (Å²) in [6, 6.07) is 8.83. The first-order chi connectivity index (χ1) is 12.4. The molecule has 9 heteroatoms. The highest BCUT2D eigenvalue weighted by Crippen LogP contribution is 2.27. The van der Waals surface area contributed by atoms with Gasteiger partial charge in [-0.15, -0.1) is 0 Å². The molecule has 1 aromatic carbocycles. The molecule has 1 aliphatic heterocycles. The number of nitrogens with two attached hydrogens (primary N) is 1. The van der Waals surface area contributed by atoms with Crippen LogP contribution in [0, 0.1) is 10.1 Å². The summed E-state index contributed by atoms with van der Waals surface area (Å²) in [7, 11) is 0. The van der Waals surface area contributed by atoms with E-state index in [-0.39, 0.29) is 17.4 Å². The van der Waals surface area contributed by atoms with Crippen LogP contribution < -0.4 is 15.4 Å². The number of halogens is 1. The molecule has 2 N–H and O–H groups in total. The molecule has 3 rings (SSSR count). The minimum Gasteiger partial charge on any atom is -0.490 e. The summed E-state index contributed by atoms with van der Waals surface area (Å²) < 4.78 is 6.94. The van der Waals surface area contributed by atoms with E-state index >= 15 is 0 Å². The van der Waals surface area contributed by atoms with Gasteiger partial charge in [-0.05, 0) is 18.2 Å². The molecule has 8 nitrogen and oxygen atoms in total. The summed E-state index contributed by atoms with van der Waals surface area (Å²) in [5, 5.41) is 10.9. The third-order valence-electron chi connectivity index (χ3n) is 4.17. The summed E-state index contributed by atoms with van der Waals surface area (Å²) in [6.45, 7) is 1.23. The van der Waals surface area contributed by atoms with Crippen LogP contribution in [0.15, 0.2) is 41.0 Å². The van der Waals surface area contributed by atoms with Crippen LogP contribution >= 0.6 is 15.9 Å². The molecule has 0 atom stereocenters. The number of aromatic nitrogens is 1. The van der Waals surface area contributed by atoms with Crippen LogP contribution in [0.2, 0.25) is 0 Å². The number of primary amides is 1. The fourth-order valence-electron chi connectivity index (χ4n) is 2.90. The SMILES string of the molecule is NC(=O)c1cc([N+](=O)[O-])cnc1N1CCC(Oc2cccc(Br)c2)CC1. The van der Waals surface area contributed by atoms with Gasteiger partial charge in [0.25, 0.3) is 11.6 Å². The van der Waals surface area contributed by atoms with E-state index in [2.05, 4.69) is 20.9 Å². The normalized spacial score (nSPS) is 14.9. The van der Waals surface area contributed by atoms with Crippen molar-refractivity contribution in [2.24, 2.45) is 5.73 Å². The number of benzene rings is 1. The van der Waals surface area contributed by atoms with E-state index < -0.39 is 10.8 Å². The number of hydrogen-bond donors (Lipinski definition) is 1. The van der Waals surface area contributed by atoms with E-state index in [1.54, 1.807) is 0 Å². The first-order valence-electron chi connectivity index (χ1n) is 8.05. The third-order valence-corrected chi connectivity index (χ3v) is 4.66. The molecule has 2 heterocycles. The van der Waals surface area contributed by atoms with Gasteiger partial charge in [0.15, 0.2) is 0 Å². The van der Waals surface area contributed by atoms with Crippen LogP contribution in [-0.4, -0.2) is 35.0 Å². The zero-order valence-corrected chi connectivity index (χ0v) is 15.4. The monoisotopic (exact) mass is 420 g/mol. The summed E-state index contributed by atoms with van der Waals surface area (Å²) in [5.74, 6) is 0.442. The van der Waals surface area contributed by atoms with Gasteiger partial charge in [0, 0.05) is 36.5 Å². The maximum Gasteiger partial charge on any atom is 0.288 e. The Morgan fingerprint density at radius 2 is 2.08 bits per heavy atom. The van der Waals surface area contributed by atoms with Crippen molar-refractivity contribution >= 4 is 33.3 Å². The van der Waals surface area contributed by atoms with Crippen molar-refractivity contribution in [3.8, 4) is 5.75 Å². The number of nitro groups is 1. The van der Waals surface area contributed by atoms with Crippen LogP contribution in [-0.2, 0) is 0 Å². The van der Waals surface area contributed by atoms with Crippen molar-refractivity contribution in [1.29, 1.82) is 0 Å². The minimum absolute atomic E-state index is 0.0515. The van der Waals surface area contributed by atoms with Crippen LogP contribution in [0.25, 0.3) is 0 Å². The van der Waals surface area contributed by atoms with Crippen LogP contribution in [0.3, 0.4) is 0 Å². The largest absolute Gasteiger partial charge is 0.490 e. The van der Waals surface area contributed by atoms with E-state index in [0.29, 0.717) is 18.9 Å². The Hall–Kier alpha value is -2.68. The Morgan fingerprint density at radius 1 is 1.35 bits per heavy atom. The van der Waals surface area contributed by atoms with Crippen molar-refractivity contribution in [3.63, 3.8) is 0 Å². The highest BCUT2D eigenvalue weighted by atomic mass is 79.9. The molecule has 0 spiro atoms. The Labute approximate surface area is 158 Å². The highest BCUT2D eigenvalue weighted by Gasteiger charge is 2.26. The van der Waals surface area contributed by atoms with Crippen molar-refractivity contribution in [2.45, 2.75) is 18.9 Å². The molecule has 0 unspecified atom stereocenters. The standard InChI is InChI=1S/C17H17BrN4O4/c18-11-2-1-3-14(8-11)26-13-4-6-21(7-5-13)17-15(16(19)23)9-12(10-20-17)22(24)25/h1-3,8-10,13H,4-7H2,(H2,19,23). The molecular weight excluding hydrogens is 404 g/mol. The molecule has 1 aliphatic rings. The van der Waals surface area contributed by atoms with Gasteiger partial charge in [-0.1, -0.05) is 22.0 Å². The molecule has 1 amide bonds. The molecular formula is C17H17BrN4O4. The van der Waals surface area contributed by atoms with Crippen molar-refractivity contribution in [3.05, 3.63) is 56.7 Å². The van der Waals surface area contributed by atoms with E-state index in [0.717, 1.165) is 29.3 Å². The molecule has 0 bridgehead atoms. The molecule has 136 valence electrons. The summed E-state index contributed by atoms with van der Waals surface area (Å²) in [4.78, 5) is 28.0. The van der Waals surface area contributed by atoms with Crippen molar-refractivity contribution in [1.82, 2.24) is 4.98 Å². The molecule has 1 aromatic heterocycles. The summed E-state index contributed by atoms with van der Waals surface area (Å²) >= 11 is 3.42. The lowest BCUT2D eigenvalue weighted by molar-refractivity contribution is -0.385. The number of carbonyl (C=O) groups excluding carboxylic acids is 1. The van der Waals surface area contributed by atoms with Gasteiger partial charge in [0.2, 0.25) is 0 Å².